The van der Waals surface area contributed by atoms with E-state index in [1.165, 1.54) is 6.42 Å². The number of piperidine rings is 1. The number of tetrazole rings is 1. The monoisotopic (exact) mass is 333 g/mol. The maximum atomic E-state index is 13.5. The van der Waals surface area contributed by atoms with Crippen LogP contribution in [0.2, 0.25) is 0 Å². The number of nitrogens with zero attached hydrogens (tertiary/aromatic N) is 5. The highest BCUT2D eigenvalue weighted by molar-refractivity contribution is 5.84. The predicted octanol–water partition coefficient (Wildman–Crippen LogP) is 1.49. The second-order valence-corrected chi connectivity index (χ2v) is 7.89. The second kappa shape index (κ2) is 6.10. The van der Waals surface area contributed by atoms with Crippen molar-refractivity contribution in [2.24, 2.45) is 5.92 Å². The summed E-state index contributed by atoms with van der Waals surface area (Å²) in [6, 6.07) is 0. The number of carbonyl (C=O) groups excluding carboxylic acids is 1. The summed E-state index contributed by atoms with van der Waals surface area (Å²) in [5.41, 5.74) is -1.17. The lowest BCUT2D eigenvalue weighted by molar-refractivity contribution is -0.154. The molecule has 4 rings (SSSR count). The largest absolute Gasteiger partial charge is 0.389 e. The normalized spacial score (nSPS) is 33.0. The van der Waals surface area contributed by atoms with Gasteiger partial charge in [-0.05, 0) is 42.5 Å². The minimum absolute atomic E-state index is 0.155. The van der Waals surface area contributed by atoms with Gasteiger partial charge in [0.15, 0.2) is 0 Å². The van der Waals surface area contributed by atoms with E-state index in [2.05, 4.69) is 15.5 Å². The van der Waals surface area contributed by atoms with E-state index in [9.17, 15) is 9.90 Å². The van der Waals surface area contributed by atoms with Crippen LogP contribution in [0.5, 0.6) is 0 Å². The molecular formula is C17H27N5O2. The number of aliphatic hydroxyl groups is 1. The van der Waals surface area contributed by atoms with E-state index in [1.807, 2.05) is 4.90 Å². The molecule has 1 aliphatic heterocycles. The average Bonchev–Trinajstić information content (AvgIpc) is 3.16. The fourth-order valence-corrected chi connectivity index (χ4v) is 5.08. The van der Waals surface area contributed by atoms with Crippen LogP contribution in [0.3, 0.4) is 0 Å². The van der Waals surface area contributed by atoms with E-state index < -0.39 is 11.1 Å². The topological polar surface area (TPSA) is 84.1 Å². The summed E-state index contributed by atoms with van der Waals surface area (Å²) >= 11 is 0. The van der Waals surface area contributed by atoms with Crippen molar-refractivity contribution in [3.8, 4) is 0 Å². The molecule has 2 heterocycles. The van der Waals surface area contributed by atoms with Crippen LogP contribution in [0.25, 0.3) is 0 Å². The van der Waals surface area contributed by atoms with E-state index in [0.29, 0.717) is 19.5 Å². The van der Waals surface area contributed by atoms with Gasteiger partial charge >= 0.3 is 0 Å². The summed E-state index contributed by atoms with van der Waals surface area (Å²) in [4.78, 5) is 15.5. The Balaban J connectivity index is 1.57. The number of carbonyl (C=O) groups is 1. The van der Waals surface area contributed by atoms with Crippen LogP contribution in [0.1, 0.15) is 64.2 Å². The molecule has 7 nitrogen and oxygen atoms in total. The van der Waals surface area contributed by atoms with Crippen LogP contribution in [0, 0.1) is 5.92 Å². The molecule has 2 saturated carbocycles. The Morgan fingerprint density at radius 3 is 2.62 bits per heavy atom. The van der Waals surface area contributed by atoms with Crippen LogP contribution in [-0.4, -0.2) is 54.8 Å². The molecule has 1 aromatic rings. The van der Waals surface area contributed by atoms with E-state index in [1.54, 1.807) is 11.0 Å². The second-order valence-electron chi connectivity index (χ2n) is 7.89. The quantitative estimate of drug-likeness (QED) is 0.886. The number of fused-ring (bicyclic) bond motifs is 1. The molecule has 1 aromatic heterocycles. The highest BCUT2D eigenvalue weighted by Crippen LogP contribution is 2.42. The van der Waals surface area contributed by atoms with Gasteiger partial charge in [-0.3, -0.25) is 4.79 Å². The summed E-state index contributed by atoms with van der Waals surface area (Å²) in [7, 11) is 0. The van der Waals surface area contributed by atoms with Crippen molar-refractivity contribution in [1.82, 2.24) is 25.1 Å². The van der Waals surface area contributed by atoms with E-state index in [4.69, 9.17) is 0 Å². The molecule has 0 bridgehead atoms. The molecule has 3 fully saturated rings. The predicted molar refractivity (Wildman–Crippen MR) is 87.0 cm³/mol. The molecule has 24 heavy (non-hydrogen) atoms. The Bertz CT molecular complexity index is 584. The Morgan fingerprint density at radius 2 is 1.88 bits per heavy atom. The Kier molecular flexibility index (Phi) is 4.06. The number of likely N-dealkylation sites (tertiary alicyclic amines) is 1. The number of rotatable bonds is 2. The zero-order valence-electron chi connectivity index (χ0n) is 14.2. The lowest BCUT2D eigenvalue weighted by Crippen LogP contribution is -2.59. The molecule has 1 saturated heterocycles. The first-order valence-electron chi connectivity index (χ1n) is 9.39. The van der Waals surface area contributed by atoms with E-state index >= 15 is 0 Å². The van der Waals surface area contributed by atoms with Crippen LogP contribution in [0.15, 0.2) is 6.33 Å². The van der Waals surface area contributed by atoms with Crippen molar-refractivity contribution in [2.45, 2.75) is 75.3 Å². The lowest BCUT2D eigenvalue weighted by Gasteiger charge is -2.49. The zero-order valence-corrected chi connectivity index (χ0v) is 14.2. The molecule has 0 radical (unpaired) electrons. The van der Waals surface area contributed by atoms with Crippen LogP contribution < -0.4 is 0 Å². The SMILES string of the molecule is O=C(N1CC[C@]2(O)CCCC[C@H]2C1)C1(n2cnnn2)CCCCC1. The zero-order chi connectivity index (χ0) is 16.6. The molecule has 2 atom stereocenters. The molecule has 0 unspecified atom stereocenters. The van der Waals surface area contributed by atoms with Crippen LogP contribution in [-0.2, 0) is 10.3 Å². The van der Waals surface area contributed by atoms with E-state index in [0.717, 1.165) is 51.4 Å². The van der Waals surface area contributed by atoms with Gasteiger partial charge in [-0.15, -0.1) is 5.10 Å². The number of hydrogen-bond donors (Lipinski definition) is 1. The fourth-order valence-electron chi connectivity index (χ4n) is 5.08. The first kappa shape index (κ1) is 16.0. The Labute approximate surface area is 142 Å². The number of hydrogen-bond acceptors (Lipinski definition) is 5. The van der Waals surface area contributed by atoms with Gasteiger partial charge in [0, 0.05) is 19.0 Å². The molecule has 7 heteroatoms. The van der Waals surface area contributed by atoms with Crippen molar-refractivity contribution in [3.63, 3.8) is 0 Å². The third-order valence-electron chi connectivity index (χ3n) is 6.58. The Morgan fingerprint density at radius 1 is 1.08 bits per heavy atom. The smallest absolute Gasteiger partial charge is 0.250 e. The van der Waals surface area contributed by atoms with Crippen molar-refractivity contribution < 1.29 is 9.90 Å². The van der Waals surface area contributed by atoms with Gasteiger partial charge in [0.25, 0.3) is 5.91 Å². The molecule has 1 amide bonds. The minimum atomic E-state index is -0.619. The molecule has 0 spiro atoms. The average molecular weight is 333 g/mol. The highest BCUT2D eigenvalue weighted by atomic mass is 16.3. The molecule has 2 aliphatic carbocycles. The number of amides is 1. The first-order valence-corrected chi connectivity index (χ1v) is 9.39. The van der Waals surface area contributed by atoms with Crippen LogP contribution >= 0.6 is 0 Å². The summed E-state index contributed by atoms with van der Waals surface area (Å²) in [6.07, 6.45) is 11.3. The van der Waals surface area contributed by atoms with Gasteiger partial charge in [-0.2, -0.15) is 0 Å². The molecular weight excluding hydrogens is 306 g/mol. The van der Waals surface area contributed by atoms with Gasteiger partial charge in [-0.25, -0.2) is 4.68 Å². The lowest BCUT2D eigenvalue weighted by atomic mass is 9.70. The van der Waals surface area contributed by atoms with Crippen LogP contribution in [0.4, 0.5) is 0 Å². The van der Waals surface area contributed by atoms with Gasteiger partial charge < -0.3 is 10.0 Å². The van der Waals surface area contributed by atoms with Gasteiger partial charge in [0.2, 0.25) is 0 Å². The summed E-state index contributed by atoms with van der Waals surface area (Å²) in [5.74, 6) is 0.376. The molecule has 0 aromatic carbocycles. The summed E-state index contributed by atoms with van der Waals surface area (Å²) in [5, 5.41) is 22.5. The molecule has 3 aliphatic rings. The van der Waals surface area contributed by atoms with Crippen molar-refractivity contribution in [1.29, 1.82) is 0 Å². The fraction of sp³-hybridized carbons (Fsp3) is 0.882. The minimum Gasteiger partial charge on any atom is -0.389 e. The van der Waals surface area contributed by atoms with Crippen molar-refractivity contribution in [2.75, 3.05) is 13.1 Å². The number of aromatic nitrogens is 4. The van der Waals surface area contributed by atoms with Gasteiger partial charge in [-0.1, -0.05) is 32.1 Å². The maximum Gasteiger partial charge on any atom is 0.250 e. The highest BCUT2D eigenvalue weighted by Gasteiger charge is 2.49. The summed E-state index contributed by atoms with van der Waals surface area (Å²) in [6.45, 7) is 1.33. The third-order valence-corrected chi connectivity index (χ3v) is 6.58. The first-order chi connectivity index (χ1) is 11.6. The molecule has 1 N–H and O–H groups in total. The molecule has 132 valence electrons. The van der Waals surface area contributed by atoms with Gasteiger partial charge in [0.1, 0.15) is 11.9 Å². The maximum absolute atomic E-state index is 13.5. The van der Waals surface area contributed by atoms with Gasteiger partial charge in [0.05, 0.1) is 5.60 Å². The van der Waals surface area contributed by atoms with Crippen molar-refractivity contribution in [3.05, 3.63) is 6.33 Å². The summed E-state index contributed by atoms with van der Waals surface area (Å²) < 4.78 is 1.69. The van der Waals surface area contributed by atoms with Crippen molar-refractivity contribution >= 4 is 5.91 Å². The van der Waals surface area contributed by atoms with E-state index in [-0.39, 0.29) is 11.8 Å². The Hall–Kier alpha value is -1.50. The third kappa shape index (κ3) is 2.53. The standard InChI is InChI=1S/C17H27N5O2/c23-15(16(7-3-1-4-8-16)22-13-18-19-20-22)21-11-10-17(24)9-5-2-6-14(17)12-21/h13-14,24H,1-12H2/t14-,17+/m0/s1.